The first kappa shape index (κ1) is 21.2. The lowest BCUT2D eigenvalue weighted by molar-refractivity contribution is -0.147. The van der Waals surface area contributed by atoms with Crippen LogP contribution in [0.2, 0.25) is 0 Å². The number of hydrogen-bond donors (Lipinski definition) is 2. The number of nitrogens with one attached hydrogen (secondary N) is 2. The summed E-state index contributed by atoms with van der Waals surface area (Å²) in [5.74, 6) is -0.846. The number of ether oxygens (including phenoxy) is 2. The van der Waals surface area contributed by atoms with Crippen molar-refractivity contribution in [2.24, 2.45) is 5.92 Å². The van der Waals surface area contributed by atoms with Crippen molar-refractivity contribution in [3.8, 4) is 0 Å². The van der Waals surface area contributed by atoms with Crippen LogP contribution in [0, 0.1) is 5.92 Å². The molecule has 0 fully saturated rings. The molecule has 0 aliphatic carbocycles. The van der Waals surface area contributed by atoms with Crippen molar-refractivity contribution in [2.75, 3.05) is 13.2 Å². The highest BCUT2D eigenvalue weighted by Gasteiger charge is 2.23. The van der Waals surface area contributed by atoms with Crippen molar-refractivity contribution in [3.63, 3.8) is 0 Å². The molecular weight excluding hydrogens is 336 g/mol. The van der Waals surface area contributed by atoms with E-state index in [1.807, 2.05) is 44.2 Å². The van der Waals surface area contributed by atoms with E-state index in [0.717, 1.165) is 5.56 Å². The summed E-state index contributed by atoms with van der Waals surface area (Å²) in [4.78, 5) is 35.6. The van der Waals surface area contributed by atoms with Gasteiger partial charge in [0.25, 0.3) is 0 Å². The molecule has 0 saturated carbocycles. The molecular formula is C19H26N2O5. The molecule has 0 unspecified atom stereocenters. The fourth-order valence-electron chi connectivity index (χ4n) is 2.10. The maximum Gasteiger partial charge on any atom is 0.407 e. The lowest BCUT2D eigenvalue weighted by atomic mass is 10.0. The molecule has 26 heavy (non-hydrogen) atoms. The average Bonchev–Trinajstić information content (AvgIpc) is 2.62. The number of alkyl carbamates (subject to hydrolysis) is 1. The summed E-state index contributed by atoms with van der Waals surface area (Å²) in [7, 11) is 0. The minimum atomic E-state index is -0.774. The molecule has 2 N–H and O–H groups in total. The van der Waals surface area contributed by atoms with Gasteiger partial charge < -0.3 is 20.1 Å². The third kappa shape index (κ3) is 8.86. The highest BCUT2D eigenvalue weighted by atomic mass is 16.5. The zero-order valence-corrected chi connectivity index (χ0v) is 15.2. The number of esters is 1. The van der Waals surface area contributed by atoms with E-state index in [9.17, 15) is 14.4 Å². The smallest absolute Gasteiger partial charge is 0.407 e. The molecule has 1 aromatic carbocycles. The molecule has 0 spiro atoms. The Hall–Kier alpha value is -2.83. The molecule has 0 bridgehead atoms. The zero-order chi connectivity index (χ0) is 19.4. The summed E-state index contributed by atoms with van der Waals surface area (Å²) in [6.07, 6.45) is 1.18. The van der Waals surface area contributed by atoms with Crippen LogP contribution in [0.25, 0.3) is 0 Å². The van der Waals surface area contributed by atoms with Crippen molar-refractivity contribution in [1.29, 1.82) is 0 Å². The molecule has 0 radical (unpaired) electrons. The molecule has 7 nitrogen and oxygen atoms in total. The van der Waals surface area contributed by atoms with Crippen molar-refractivity contribution in [3.05, 3.63) is 48.6 Å². The Balaban J connectivity index is 2.39. The summed E-state index contributed by atoms with van der Waals surface area (Å²) in [5, 5.41) is 4.92. The van der Waals surface area contributed by atoms with Gasteiger partial charge in [0, 0.05) is 0 Å². The quantitative estimate of drug-likeness (QED) is 0.491. The molecule has 1 atom stereocenters. The summed E-state index contributed by atoms with van der Waals surface area (Å²) in [6, 6.07) is 8.41. The minimum absolute atomic E-state index is 0.0767. The third-order valence-corrected chi connectivity index (χ3v) is 3.28. The largest absolute Gasteiger partial charge is 0.460 e. The Kier molecular flexibility index (Phi) is 9.53. The Morgan fingerprint density at radius 1 is 1.15 bits per heavy atom. The Bertz CT molecular complexity index is 601. The second kappa shape index (κ2) is 11.7. The first-order chi connectivity index (χ1) is 12.4. The van der Waals surface area contributed by atoms with Crippen LogP contribution < -0.4 is 10.6 Å². The molecule has 0 saturated heterocycles. The molecule has 1 rings (SSSR count). The van der Waals surface area contributed by atoms with Gasteiger partial charge in [-0.15, -0.1) is 0 Å². The van der Waals surface area contributed by atoms with Gasteiger partial charge in [-0.25, -0.2) is 9.59 Å². The summed E-state index contributed by atoms with van der Waals surface area (Å²) >= 11 is 0. The van der Waals surface area contributed by atoms with Gasteiger partial charge in [-0.3, -0.25) is 4.79 Å². The van der Waals surface area contributed by atoms with Crippen LogP contribution in [0.1, 0.15) is 25.8 Å². The van der Waals surface area contributed by atoms with Gasteiger partial charge in [-0.2, -0.15) is 0 Å². The van der Waals surface area contributed by atoms with Crippen LogP contribution in [-0.4, -0.2) is 37.2 Å². The van der Waals surface area contributed by atoms with Crippen molar-refractivity contribution >= 4 is 18.0 Å². The van der Waals surface area contributed by atoms with Crippen LogP contribution in [0.4, 0.5) is 4.79 Å². The normalized spacial score (nSPS) is 11.3. The maximum absolute atomic E-state index is 12.0. The fourth-order valence-corrected chi connectivity index (χ4v) is 2.10. The molecule has 2 amide bonds. The standard InChI is InChI=1S/C19H26N2O5/c1-4-10-25-18(23)16(11-14(2)3)21-17(22)12-20-19(24)26-13-15-8-6-5-7-9-15/h4-9,14,16H,1,10-13H2,2-3H3,(H,20,24)(H,21,22)/t16-/m0/s1. The van der Waals surface area contributed by atoms with E-state index in [1.165, 1.54) is 6.08 Å². The van der Waals surface area contributed by atoms with E-state index in [-0.39, 0.29) is 25.7 Å². The molecule has 1 aromatic rings. The second-order valence-corrected chi connectivity index (χ2v) is 6.08. The topological polar surface area (TPSA) is 93.7 Å². The summed E-state index contributed by atoms with van der Waals surface area (Å²) in [5.41, 5.74) is 0.842. The number of benzene rings is 1. The molecule has 142 valence electrons. The van der Waals surface area contributed by atoms with Crippen LogP contribution in [-0.2, 0) is 25.7 Å². The van der Waals surface area contributed by atoms with Crippen molar-refractivity contribution < 1.29 is 23.9 Å². The van der Waals surface area contributed by atoms with Gasteiger partial charge in [-0.1, -0.05) is 56.8 Å². The highest BCUT2D eigenvalue weighted by Crippen LogP contribution is 2.06. The summed E-state index contributed by atoms with van der Waals surface area (Å²) in [6.45, 7) is 7.23. The van der Waals surface area contributed by atoms with Crippen LogP contribution in [0.5, 0.6) is 0 Å². The summed E-state index contributed by atoms with van der Waals surface area (Å²) < 4.78 is 10.0. The lowest BCUT2D eigenvalue weighted by Crippen LogP contribution is -2.46. The first-order valence-corrected chi connectivity index (χ1v) is 8.43. The Morgan fingerprint density at radius 3 is 2.46 bits per heavy atom. The zero-order valence-electron chi connectivity index (χ0n) is 15.2. The lowest BCUT2D eigenvalue weighted by Gasteiger charge is -2.19. The average molecular weight is 362 g/mol. The monoisotopic (exact) mass is 362 g/mol. The SMILES string of the molecule is C=CCOC(=O)[C@H](CC(C)C)NC(=O)CNC(=O)OCc1ccccc1. The Labute approximate surface area is 153 Å². The molecule has 0 aromatic heterocycles. The van der Waals surface area contributed by atoms with E-state index in [2.05, 4.69) is 17.2 Å². The number of carbonyl (C=O) groups is 3. The number of amides is 2. The van der Waals surface area contributed by atoms with E-state index in [0.29, 0.717) is 6.42 Å². The van der Waals surface area contributed by atoms with Gasteiger partial charge in [0.1, 0.15) is 25.8 Å². The number of hydrogen-bond acceptors (Lipinski definition) is 5. The van der Waals surface area contributed by atoms with Crippen LogP contribution >= 0.6 is 0 Å². The molecule has 0 aliphatic heterocycles. The highest BCUT2D eigenvalue weighted by molar-refractivity contribution is 5.87. The third-order valence-electron chi connectivity index (χ3n) is 3.28. The van der Waals surface area contributed by atoms with E-state index in [4.69, 9.17) is 9.47 Å². The maximum atomic E-state index is 12.0. The van der Waals surface area contributed by atoms with E-state index in [1.54, 1.807) is 0 Å². The van der Waals surface area contributed by atoms with Gasteiger partial charge in [0.05, 0.1) is 0 Å². The van der Waals surface area contributed by atoms with Crippen molar-refractivity contribution in [2.45, 2.75) is 32.9 Å². The first-order valence-electron chi connectivity index (χ1n) is 8.43. The minimum Gasteiger partial charge on any atom is -0.460 e. The molecule has 0 heterocycles. The number of rotatable bonds is 10. The molecule has 7 heteroatoms. The second-order valence-electron chi connectivity index (χ2n) is 6.08. The van der Waals surface area contributed by atoms with Gasteiger partial charge in [-0.05, 0) is 17.9 Å². The Morgan fingerprint density at radius 2 is 1.85 bits per heavy atom. The van der Waals surface area contributed by atoms with Crippen LogP contribution in [0.15, 0.2) is 43.0 Å². The van der Waals surface area contributed by atoms with Gasteiger partial charge in [0.2, 0.25) is 5.91 Å². The van der Waals surface area contributed by atoms with Gasteiger partial charge in [0.15, 0.2) is 0 Å². The van der Waals surface area contributed by atoms with Crippen LogP contribution in [0.3, 0.4) is 0 Å². The van der Waals surface area contributed by atoms with E-state index < -0.39 is 24.0 Å². The van der Waals surface area contributed by atoms with E-state index >= 15 is 0 Å². The number of carbonyl (C=O) groups excluding carboxylic acids is 3. The van der Waals surface area contributed by atoms with Crippen molar-refractivity contribution in [1.82, 2.24) is 10.6 Å². The fraction of sp³-hybridized carbons (Fsp3) is 0.421. The molecule has 0 aliphatic rings. The van der Waals surface area contributed by atoms with Gasteiger partial charge >= 0.3 is 12.1 Å². The predicted molar refractivity (Wildman–Crippen MR) is 97.2 cm³/mol. The predicted octanol–water partition coefficient (Wildman–Crippen LogP) is 2.17.